The first-order valence-corrected chi connectivity index (χ1v) is 7.25. The van der Waals surface area contributed by atoms with Crippen LogP contribution in [0, 0.1) is 10.1 Å². The van der Waals surface area contributed by atoms with E-state index in [0.717, 1.165) is 31.4 Å². The Labute approximate surface area is 119 Å². The van der Waals surface area contributed by atoms with Gasteiger partial charge in [0.05, 0.1) is 4.92 Å². The van der Waals surface area contributed by atoms with Crippen molar-refractivity contribution in [2.75, 3.05) is 13.6 Å². The number of rotatable bonds is 5. The molecule has 0 spiro atoms. The number of nitro groups is 1. The summed E-state index contributed by atoms with van der Waals surface area (Å²) in [6, 6.07) is 7.87. The Morgan fingerprint density at radius 2 is 1.85 bits per heavy atom. The highest BCUT2D eigenvalue weighted by atomic mass is 16.6. The van der Waals surface area contributed by atoms with E-state index < -0.39 is 0 Å². The minimum atomic E-state index is -0.360. The topological polar surface area (TPSA) is 72.4 Å². The maximum absolute atomic E-state index is 10.6. The molecule has 1 saturated carbocycles. The molecular weight excluding hydrogens is 254 g/mol. The second kappa shape index (κ2) is 6.81. The van der Waals surface area contributed by atoms with Gasteiger partial charge in [-0.05, 0) is 44.7 Å². The highest BCUT2D eigenvalue weighted by Gasteiger charge is 2.21. The van der Waals surface area contributed by atoms with Crippen molar-refractivity contribution >= 4 is 5.69 Å². The average molecular weight is 277 g/mol. The van der Waals surface area contributed by atoms with Gasteiger partial charge < -0.3 is 10.6 Å². The quantitative estimate of drug-likeness (QED) is 0.662. The van der Waals surface area contributed by atoms with Crippen LogP contribution in [0.1, 0.15) is 31.2 Å². The van der Waals surface area contributed by atoms with Crippen molar-refractivity contribution in [3.05, 3.63) is 39.9 Å². The average Bonchev–Trinajstić information content (AvgIpc) is 2.46. The van der Waals surface area contributed by atoms with Crippen LogP contribution in [0.25, 0.3) is 0 Å². The molecule has 1 aliphatic carbocycles. The summed E-state index contributed by atoms with van der Waals surface area (Å²) in [7, 11) is 2.16. The Balaban J connectivity index is 1.80. The van der Waals surface area contributed by atoms with E-state index in [9.17, 15) is 10.1 Å². The molecule has 1 aromatic rings. The lowest BCUT2D eigenvalue weighted by molar-refractivity contribution is -0.384. The molecule has 5 heteroatoms. The minimum Gasteiger partial charge on any atom is -0.328 e. The molecule has 0 unspecified atom stereocenters. The van der Waals surface area contributed by atoms with Crippen LogP contribution in [0.3, 0.4) is 0 Å². The summed E-state index contributed by atoms with van der Waals surface area (Å²) in [5, 5.41) is 10.6. The molecular formula is C15H23N3O2. The highest BCUT2D eigenvalue weighted by molar-refractivity contribution is 5.32. The van der Waals surface area contributed by atoms with Crippen molar-refractivity contribution in [2.24, 2.45) is 5.73 Å². The van der Waals surface area contributed by atoms with Crippen LogP contribution in [0.2, 0.25) is 0 Å². The summed E-state index contributed by atoms with van der Waals surface area (Å²) in [6.45, 7) is 0.984. The molecule has 20 heavy (non-hydrogen) atoms. The van der Waals surface area contributed by atoms with E-state index in [1.165, 1.54) is 12.8 Å². The molecule has 0 aliphatic heterocycles. The van der Waals surface area contributed by atoms with Crippen molar-refractivity contribution in [2.45, 2.75) is 44.2 Å². The fourth-order valence-corrected chi connectivity index (χ4v) is 2.81. The number of non-ortho nitro benzene ring substituents is 1. The summed E-state index contributed by atoms with van der Waals surface area (Å²) in [6.07, 6.45) is 5.52. The van der Waals surface area contributed by atoms with E-state index in [-0.39, 0.29) is 10.6 Å². The molecule has 110 valence electrons. The molecule has 1 fully saturated rings. The number of nitrogens with two attached hydrogens (primary N) is 1. The van der Waals surface area contributed by atoms with Crippen LogP contribution in [0.15, 0.2) is 24.3 Å². The van der Waals surface area contributed by atoms with Crippen LogP contribution in [-0.4, -0.2) is 35.5 Å². The molecule has 5 nitrogen and oxygen atoms in total. The Kier molecular flexibility index (Phi) is 5.09. The van der Waals surface area contributed by atoms with Crippen LogP contribution < -0.4 is 5.73 Å². The highest BCUT2D eigenvalue weighted by Crippen LogP contribution is 2.21. The molecule has 0 heterocycles. The number of hydrogen-bond acceptors (Lipinski definition) is 4. The third-order valence-corrected chi connectivity index (χ3v) is 4.27. The monoisotopic (exact) mass is 277 g/mol. The van der Waals surface area contributed by atoms with Gasteiger partial charge in [-0.3, -0.25) is 10.1 Å². The van der Waals surface area contributed by atoms with E-state index in [4.69, 9.17) is 5.73 Å². The zero-order valence-corrected chi connectivity index (χ0v) is 12.0. The molecule has 0 radical (unpaired) electrons. The lowest BCUT2D eigenvalue weighted by atomic mass is 9.91. The fourth-order valence-electron chi connectivity index (χ4n) is 2.81. The zero-order valence-electron chi connectivity index (χ0n) is 12.0. The second-order valence-corrected chi connectivity index (χ2v) is 5.72. The number of benzene rings is 1. The normalized spacial score (nSPS) is 22.9. The Morgan fingerprint density at radius 1 is 1.25 bits per heavy atom. The van der Waals surface area contributed by atoms with Gasteiger partial charge >= 0.3 is 0 Å². The number of nitro benzene ring substituents is 1. The van der Waals surface area contributed by atoms with Gasteiger partial charge in [0.25, 0.3) is 5.69 Å². The van der Waals surface area contributed by atoms with Gasteiger partial charge in [0.1, 0.15) is 0 Å². The third-order valence-electron chi connectivity index (χ3n) is 4.27. The van der Waals surface area contributed by atoms with Crippen LogP contribution in [-0.2, 0) is 6.42 Å². The van der Waals surface area contributed by atoms with E-state index in [2.05, 4.69) is 11.9 Å². The van der Waals surface area contributed by atoms with Crippen molar-refractivity contribution < 1.29 is 4.92 Å². The summed E-state index contributed by atoms with van der Waals surface area (Å²) in [5.74, 6) is 0. The van der Waals surface area contributed by atoms with Crippen LogP contribution in [0.5, 0.6) is 0 Å². The van der Waals surface area contributed by atoms with E-state index in [0.29, 0.717) is 12.1 Å². The molecule has 2 N–H and O–H groups in total. The molecule has 0 amide bonds. The Hall–Kier alpha value is -1.46. The number of nitrogens with zero attached hydrogens (tertiary/aromatic N) is 2. The molecule has 0 saturated heterocycles. The van der Waals surface area contributed by atoms with E-state index in [1.807, 2.05) is 12.1 Å². The molecule has 0 atom stereocenters. The van der Waals surface area contributed by atoms with Gasteiger partial charge in [-0.2, -0.15) is 0 Å². The molecule has 1 aromatic carbocycles. The van der Waals surface area contributed by atoms with Crippen LogP contribution in [0.4, 0.5) is 5.69 Å². The molecule has 1 aliphatic rings. The largest absolute Gasteiger partial charge is 0.328 e. The second-order valence-electron chi connectivity index (χ2n) is 5.72. The summed E-state index contributed by atoms with van der Waals surface area (Å²) >= 11 is 0. The summed E-state index contributed by atoms with van der Waals surface area (Å²) in [5.41, 5.74) is 7.23. The fraction of sp³-hybridized carbons (Fsp3) is 0.600. The van der Waals surface area contributed by atoms with E-state index >= 15 is 0 Å². The molecule has 2 rings (SSSR count). The van der Waals surface area contributed by atoms with Gasteiger partial charge in [-0.15, -0.1) is 0 Å². The van der Waals surface area contributed by atoms with Gasteiger partial charge in [0.2, 0.25) is 0 Å². The van der Waals surface area contributed by atoms with Gasteiger partial charge in [-0.1, -0.05) is 12.1 Å². The van der Waals surface area contributed by atoms with Gasteiger partial charge in [-0.25, -0.2) is 0 Å². The zero-order chi connectivity index (χ0) is 14.5. The van der Waals surface area contributed by atoms with Crippen molar-refractivity contribution in [3.63, 3.8) is 0 Å². The Bertz CT molecular complexity index is 439. The summed E-state index contributed by atoms with van der Waals surface area (Å²) in [4.78, 5) is 12.6. The Morgan fingerprint density at radius 3 is 2.40 bits per heavy atom. The van der Waals surface area contributed by atoms with Crippen molar-refractivity contribution in [1.82, 2.24) is 4.90 Å². The molecule has 0 aromatic heterocycles. The maximum Gasteiger partial charge on any atom is 0.269 e. The minimum absolute atomic E-state index is 0.156. The number of hydrogen-bond donors (Lipinski definition) is 1. The van der Waals surface area contributed by atoms with Crippen LogP contribution >= 0.6 is 0 Å². The standard InChI is InChI=1S/C15H23N3O2/c1-17(14-8-4-13(16)5-9-14)11-10-12-2-6-15(7-3-12)18(19)20/h2-3,6-7,13-14H,4-5,8-11,16H2,1H3. The van der Waals surface area contributed by atoms with Gasteiger partial charge in [0.15, 0.2) is 0 Å². The van der Waals surface area contributed by atoms with E-state index in [1.54, 1.807) is 12.1 Å². The number of likely N-dealkylation sites (N-methyl/N-ethyl adjacent to an activating group) is 1. The van der Waals surface area contributed by atoms with Crippen molar-refractivity contribution in [3.8, 4) is 0 Å². The first kappa shape index (κ1) is 14.9. The molecule has 0 bridgehead atoms. The summed E-state index contributed by atoms with van der Waals surface area (Å²) < 4.78 is 0. The first-order chi connectivity index (χ1) is 9.56. The third kappa shape index (κ3) is 4.02. The van der Waals surface area contributed by atoms with Gasteiger partial charge in [0, 0.05) is 30.8 Å². The SMILES string of the molecule is CN(CCc1ccc([N+](=O)[O-])cc1)C1CCC(N)CC1. The lowest BCUT2D eigenvalue weighted by Gasteiger charge is -2.33. The predicted molar refractivity (Wildman–Crippen MR) is 79.7 cm³/mol. The maximum atomic E-state index is 10.6. The lowest BCUT2D eigenvalue weighted by Crippen LogP contribution is -2.39. The smallest absolute Gasteiger partial charge is 0.269 e. The van der Waals surface area contributed by atoms with Crippen molar-refractivity contribution in [1.29, 1.82) is 0 Å². The first-order valence-electron chi connectivity index (χ1n) is 7.25. The predicted octanol–water partition coefficient (Wildman–Crippen LogP) is 2.34.